The first-order chi connectivity index (χ1) is 12.4. The summed E-state index contributed by atoms with van der Waals surface area (Å²) in [5.41, 5.74) is 0. The van der Waals surface area contributed by atoms with Crippen molar-refractivity contribution < 1.29 is 29.7 Å². The van der Waals surface area contributed by atoms with Gasteiger partial charge in [0.2, 0.25) is 0 Å². The highest BCUT2D eigenvalue weighted by atomic mass is 16.4. The number of nitrogens with zero attached hydrogens (tertiary/aromatic N) is 1. The number of aliphatic carboxylic acids is 1. The molecule has 0 saturated heterocycles. The van der Waals surface area contributed by atoms with Gasteiger partial charge in [-0.25, -0.2) is 4.79 Å². The molecule has 0 atom stereocenters. The Kier molecular flexibility index (Phi) is 13.8. The molecular formula is C20H38NO5+. The van der Waals surface area contributed by atoms with Crippen LogP contribution in [-0.2, 0) is 4.79 Å². The van der Waals surface area contributed by atoms with Crippen LogP contribution in [0.25, 0.3) is 0 Å². The Hall–Kier alpha value is -1.53. The van der Waals surface area contributed by atoms with Gasteiger partial charge in [-0.1, -0.05) is 52.4 Å². The molecule has 0 aliphatic rings. The number of allylic oxidation sites excluding steroid dienone is 2. The van der Waals surface area contributed by atoms with E-state index in [1.165, 1.54) is 12.4 Å². The van der Waals surface area contributed by atoms with Gasteiger partial charge in [0.05, 0.1) is 6.61 Å². The molecule has 0 aromatic rings. The maximum absolute atomic E-state index is 11.3. The molecule has 0 bridgehead atoms. The molecule has 4 N–H and O–H groups in total. The lowest BCUT2D eigenvalue weighted by atomic mass is 10.1. The Morgan fingerprint density at radius 2 is 1.27 bits per heavy atom. The minimum Gasteiger partial charge on any atom is -0.507 e. The standard InChI is InChI=1S/C20H37NO5/c1-3-5-7-9-11-18(23)15-21(13-14-22,17-20(25)26)16-19(24)12-10-8-6-4-2/h15-16,22H,3-14,17H2,1-2H3,(H2-,23,24,25,26)/p+1/b18-15-,19-16-. The smallest absolute Gasteiger partial charge is 0.360 e. The van der Waals surface area contributed by atoms with Gasteiger partial charge in [0.25, 0.3) is 0 Å². The molecule has 0 aromatic heterocycles. The topological polar surface area (TPSA) is 98.0 Å². The molecule has 0 spiro atoms. The molecular weight excluding hydrogens is 334 g/mol. The van der Waals surface area contributed by atoms with E-state index in [-0.39, 0.29) is 35.7 Å². The normalized spacial score (nSPS) is 15.0. The first-order valence-electron chi connectivity index (χ1n) is 9.89. The molecule has 0 amide bonds. The summed E-state index contributed by atoms with van der Waals surface area (Å²) < 4.78 is -0.287. The van der Waals surface area contributed by atoms with Crippen LogP contribution in [0.5, 0.6) is 0 Å². The molecule has 0 radical (unpaired) electrons. The van der Waals surface area contributed by atoms with Crippen molar-refractivity contribution in [1.29, 1.82) is 0 Å². The monoisotopic (exact) mass is 372 g/mol. The predicted molar refractivity (Wildman–Crippen MR) is 104 cm³/mol. The Balaban J connectivity index is 5.21. The molecule has 0 rings (SSSR count). The van der Waals surface area contributed by atoms with Crippen LogP contribution in [-0.4, -0.2) is 50.6 Å². The average molecular weight is 373 g/mol. The largest absolute Gasteiger partial charge is 0.507 e. The molecule has 0 aromatic carbocycles. The van der Waals surface area contributed by atoms with Crippen molar-refractivity contribution in [2.75, 3.05) is 19.7 Å². The van der Waals surface area contributed by atoms with E-state index in [0.29, 0.717) is 12.8 Å². The molecule has 26 heavy (non-hydrogen) atoms. The lowest BCUT2D eigenvalue weighted by molar-refractivity contribution is -0.823. The lowest BCUT2D eigenvalue weighted by Crippen LogP contribution is -2.44. The molecule has 6 nitrogen and oxygen atoms in total. The Bertz CT molecular complexity index is 417. The number of quaternary nitrogens is 1. The minimum absolute atomic E-state index is 0.0876. The number of carbonyl (C=O) groups is 1. The average Bonchev–Trinajstić information content (AvgIpc) is 2.55. The fourth-order valence-electron chi connectivity index (χ4n) is 2.96. The quantitative estimate of drug-likeness (QED) is 0.180. The third kappa shape index (κ3) is 11.9. The van der Waals surface area contributed by atoms with Gasteiger partial charge in [-0.3, -0.25) is 4.48 Å². The van der Waals surface area contributed by atoms with E-state index in [4.69, 9.17) is 0 Å². The minimum atomic E-state index is -1.05. The molecule has 0 heterocycles. The number of rotatable bonds is 16. The van der Waals surface area contributed by atoms with Gasteiger partial charge in [-0.05, 0) is 12.8 Å². The summed E-state index contributed by atoms with van der Waals surface area (Å²) in [5.74, 6) is -0.847. The third-order valence-electron chi connectivity index (χ3n) is 4.33. The van der Waals surface area contributed by atoms with Crippen LogP contribution in [0, 0.1) is 0 Å². The summed E-state index contributed by atoms with van der Waals surface area (Å²) in [6, 6.07) is 0. The van der Waals surface area contributed by atoms with E-state index in [9.17, 15) is 25.2 Å². The highest BCUT2D eigenvalue weighted by Crippen LogP contribution is 2.19. The van der Waals surface area contributed by atoms with E-state index in [1.54, 1.807) is 0 Å². The zero-order valence-electron chi connectivity index (χ0n) is 16.5. The van der Waals surface area contributed by atoms with Gasteiger partial charge in [0, 0.05) is 12.8 Å². The van der Waals surface area contributed by atoms with Gasteiger partial charge in [0.1, 0.15) is 30.5 Å². The van der Waals surface area contributed by atoms with Crippen LogP contribution in [0.15, 0.2) is 23.9 Å². The van der Waals surface area contributed by atoms with E-state index < -0.39 is 5.97 Å². The Labute approximate surface area is 158 Å². The van der Waals surface area contributed by atoms with Gasteiger partial charge in [-0.15, -0.1) is 0 Å². The molecule has 0 fully saturated rings. The van der Waals surface area contributed by atoms with Crippen molar-refractivity contribution in [2.45, 2.75) is 78.1 Å². The third-order valence-corrected chi connectivity index (χ3v) is 4.33. The summed E-state index contributed by atoms with van der Waals surface area (Å²) >= 11 is 0. The van der Waals surface area contributed by atoms with Crippen molar-refractivity contribution in [3.8, 4) is 0 Å². The summed E-state index contributed by atoms with van der Waals surface area (Å²) in [4.78, 5) is 11.3. The SMILES string of the molecule is CCCCCC/C(O)=C/[N+](/C=C(\O)CCCCCC)(CCO)CC(=O)O. The number of carboxylic acid groups (broad SMARTS) is 1. The second-order valence-corrected chi connectivity index (χ2v) is 6.96. The van der Waals surface area contributed by atoms with Crippen molar-refractivity contribution >= 4 is 5.97 Å². The lowest BCUT2D eigenvalue weighted by Gasteiger charge is -2.29. The summed E-state index contributed by atoms with van der Waals surface area (Å²) in [6.07, 6.45) is 11.9. The maximum Gasteiger partial charge on any atom is 0.360 e. The van der Waals surface area contributed by atoms with Gasteiger partial charge in [-0.2, -0.15) is 0 Å². The summed E-state index contributed by atoms with van der Waals surface area (Å²) in [6.45, 7) is 3.73. The highest BCUT2D eigenvalue weighted by molar-refractivity contribution is 5.68. The molecule has 6 heteroatoms. The zero-order valence-corrected chi connectivity index (χ0v) is 16.5. The van der Waals surface area contributed by atoms with E-state index >= 15 is 0 Å². The Morgan fingerprint density at radius 3 is 1.62 bits per heavy atom. The fourth-order valence-corrected chi connectivity index (χ4v) is 2.96. The second kappa shape index (κ2) is 14.6. The van der Waals surface area contributed by atoms with Gasteiger partial charge in [0.15, 0.2) is 6.54 Å². The van der Waals surface area contributed by atoms with Crippen molar-refractivity contribution in [2.24, 2.45) is 0 Å². The Morgan fingerprint density at radius 1 is 0.808 bits per heavy atom. The molecule has 152 valence electrons. The van der Waals surface area contributed by atoms with Crippen LogP contribution < -0.4 is 0 Å². The van der Waals surface area contributed by atoms with Crippen LogP contribution in [0.2, 0.25) is 0 Å². The van der Waals surface area contributed by atoms with E-state index in [2.05, 4.69) is 13.8 Å². The first-order valence-corrected chi connectivity index (χ1v) is 9.89. The fraction of sp³-hybridized carbons (Fsp3) is 0.750. The summed E-state index contributed by atoms with van der Waals surface area (Å²) in [7, 11) is 0. The molecule has 0 saturated carbocycles. The number of hydrogen-bond acceptors (Lipinski definition) is 4. The predicted octanol–water partition coefficient (Wildman–Crippen LogP) is 4.62. The van der Waals surface area contributed by atoms with Crippen molar-refractivity contribution in [3.05, 3.63) is 23.9 Å². The molecule has 0 aliphatic carbocycles. The van der Waals surface area contributed by atoms with E-state index in [0.717, 1.165) is 51.4 Å². The number of hydrogen-bond donors (Lipinski definition) is 4. The number of aliphatic hydroxyl groups is 3. The van der Waals surface area contributed by atoms with Gasteiger partial charge >= 0.3 is 5.97 Å². The van der Waals surface area contributed by atoms with Crippen molar-refractivity contribution in [3.63, 3.8) is 0 Å². The van der Waals surface area contributed by atoms with Crippen LogP contribution >= 0.6 is 0 Å². The van der Waals surface area contributed by atoms with Crippen LogP contribution in [0.4, 0.5) is 0 Å². The van der Waals surface area contributed by atoms with Crippen LogP contribution in [0.1, 0.15) is 78.1 Å². The second-order valence-electron chi connectivity index (χ2n) is 6.96. The molecule has 0 unspecified atom stereocenters. The van der Waals surface area contributed by atoms with Gasteiger partial charge < -0.3 is 20.4 Å². The first kappa shape index (κ1) is 24.5. The van der Waals surface area contributed by atoms with E-state index in [1.807, 2.05) is 0 Å². The summed E-state index contributed by atoms with van der Waals surface area (Å²) in [5, 5.41) is 39.2. The zero-order chi connectivity index (χ0) is 19.8. The van der Waals surface area contributed by atoms with Crippen LogP contribution in [0.3, 0.4) is 0 Å². The number of aliphatic hydroxyl groups excluding tert-OH is 3. The van der Waals surface area contributed by atoms with Crippen molar-refractivity contribution in [1.82, 2.24) is 0 Å². The maximum atomic E-state index is 11.3. The number of carboxylic acids is 1. The molecule has 0 aliphatic heterocycles. The highest BCUT2D eigenvalue weighted by Gasteiger charge is 2.29. The number of unbranched alkanes of at least 4 members (excludes halogenated alkanes) is 6.